The first-order valence-corrected chi connectivity index (χ1v) is 12.1. The highest BCUT2D eigenvalue weighted by atomic mass is 35.5. The highest BCUT2D eigenvalue weighted by molar-refractivity contribution is 6.10. The van der Waals surface area contributed by atoms with Crippen LogP contribution in [0, 0.1) is 11.7 Å². The number of carbonyl (C=O) groups excluding carboxylic acids is 2. The monoisotopic (exact) mass is 500 g/mol. The molecule has 1 aliphatic rings. The molecule has 1 aromatic carbocycles. The van der Waals surface area contributed by atoms with Crippen molar-refractivity contribution in [2.45, 2.75) is 59.0 Å². The standard InChI is InChI=1S/C27H33FN4O2.ClH/c1-17(2)32(18(3)4)27(34)22-14-20(28)7-8-24(22)31-16-23(21-10-13-30-15-25(21)31)26(33)19-6-5-11-29-12-9-19;/h7-8,10,13-19,29H,5-6,9,11-12H2,1-4H3;1H. The Morgan fingerprint density at radius 1 is 1.09 bits per heavy atom. The van der Waals surface area contributed by atoms with Crippen LogP contribution in [0.2, 0.25) is 0 Å². The maximum atomic E-state index is 14.4. The Hall–Kier alpha value is -2.77. The zero-order valence-corrected chi connectivity index (χ0v) is 21.6. The lowest BCUT2D eigenvalue weighted by Gasteiger charge is -2.31. The van der Waals surface area contributed by atoms with E-state index >= 15 is 0 Å². The van der Waals surface area contributed by atoms with E-state index < -0.39 is 5.82 Å². The normalized spacial score (nSPS) is 16.3. The van der Waals surface area contributed by atoms with Crippen LogP contribution >= 0.6 is 12.4 Å². The number of amides is 1. The Balaban J connectivity index is 0.00000342. The number of pyridine rings is 1. The molecule has 0 radical (unpaired) electrons. The number of hydrogen-bond donors (Lipinski definition) is 1. The number of fused-ring (bicyclic) bond motifs is 1. The molecular formula is C27H34ClFN4O2. The first-order chi connectivity index (χ1) is 16.3. The van der Waals surface area contributed by atoms with Crippen LogP contribution in [0.5, 0.6) is 0 Å². The van der Waals surface area contributed by atoms with E-state index in [1.807, 2.05) is 38.3 Å². The van der Waals surface area contributed by atoms with Gasteiger partial charge in [-0.25, -0.2) is 4.39 Å². The van der Waals surface area contributed by atoms with Gasteiger partial charge in [0.15, 0.2) is 5.78 Å². The molecule has 3 heterocycles. The van der Waals surface area contributed by atoms with E-state index in [9.17, 15) is 14.0 Å². The number of rotatable bonds is 6. The van der Waals surface area contributed by atoms with E-state index in [0.29, 0.717) is 11.3 Å². The maximum Gasteiger partial charge on any atom is 0.256 e. The van der Waals surface area contributed by atoms with Gasteiger partial charge in [0.25, 0.3) is 5.91 Å². The lowest BCUT2D eigenvalue weighted by atomic mass is 9.91. The van der Waals surface area contributed by atoms with Gasteiger partial charge in [-0.3, -0.25) is 14.6 Å². The van der Waals surface area contributed by atoms with Crippen molar-refractivity contribution in [2.24, 2.45) is 5.92 Å². The van der Waals surface area contributed by atoms with E-state index in [1.165, 1.54) is 12.1 Å². The van der Waals surface area contributed by atoms with Gasteiger partial charge >= 0.3 is 0 Å². The second-order valence-corrected chi connectivity index (χ2v) is 9.61. The molecule has 35 heavy (non-hydrogen) atoms. The molecule has 0 bridgehead atoms. The molecule has 1 unspecified atom stereocenters. The minimum atomic E-state index is -0.476. The molecule has 0 spiro atoms. The van der Waals surface area contributed by atoms with Crippen LogP contribution in [0.4, 0.5) is 4.39 Å². The average Bonchev–Trinajstić information content (AvgIpc) is 2.97. The number of nitrogens with zero attached hydrogens (tertiary/aromatic N) is 3. The Morgan fingerprint density at radius 3 is 2.54 bits per heavy atom. The first-order valence-electron chi connectivity index (χ1n) is 12.1. The molecule has 1 fully saturated rings. The number of nitrogens with one attached hydrogen (secondary N) is 1. The Kier molecular flexibility index (Phi) is 8.67. The fourth-order valence-electron chi connectivity index (χ4n) is 5.06. The van der Waals surface area contributed by atoms with Gasteiger partial charge in [0.1, 0.15) is 5.82 Å². The van der Waals surface area contributed by atoms with Crippen molar-refractivity contribution in [1.82, 2.24) is 19.8 Å². The minimum absolute atomic E-state index is 0. The van der Waals surface area contributed by atoms with E-state index in [4.69, 9.17) is 0 Å². The largest absolute Gasteiger partial charge is 0.334 e. The van der Waals surface area contributed by atoms with Crippen molar-refractivity contribution in [2.75, 3.05) is 13.1 Å². The van der Waals surface area contributed by atoms with Crippen molar-refractivity contribution in [3.8, 4) is 5.69 Å². The summed E-state index contributed by atoms with van der Waals surface area (Å²) in [5.41, 5.74) is 2.15. The summed E-state index contributed by atoms with van der Waals surface area (Å²) in [5.74, 6) is -0.655. The van der Waals surface area contributed by atoms with E-state index in [-0.39, 0.29) is 47.7 Å². The summed E-state index contributed by atoms with van der Waals surface area (Å²) in [7, 11) is 0. The smallest absolute Gasteiger partial charge is 0.256 e. The molecular weight excluding hydrogens is 467 g/mol. The number of Topliss-reactive ketones (excluding diaryl/α,β-unsaturated/α-hetero) is 1. The summed E-state index contributed by atoms with van der Waals surface area (Å²) >= 11 is 0. The number of carbonyl (C=O) groups is 2. The topological polar surface area (TPSA) is 67.2 Å². The molecule has 1 aliphatic heterocycles. The predicted molar refractivity (Wildman–Crippen MR) is 139 cm³/mol. The van der Waals surface area contributed by atoms with Gasteiger partial charge in [0, 0.05) is 41.3 Å². The first kappa shape index (κ1) is 26.8. The number of ketones is 1. The molecule has 3 aromatic rings. The van der Waals surface area contributed by atoms with Crippen LogP contribution in [-0.2, 0) is 0 Å². The van der Waals surface area contributed by atoms with E-state index in [2.05, 4.69) is 10.3 Å². The van der Waals surface area contributed by atoms with Crippen LogP contribution in [0.3, 0.4) is 0 Å². The second kappa shape index (κ2) is 11.3. The zero-order chi connectivity index (χ0) is 24.4. The third kappa shape index (κ3) is 5.41. The summed E-state index contributed by atoms with van der Waals surface area (Å²) in [5, 5.41) is 4.16. The molecule has 4 rings (SSSR count). The molecule has 0 saturated carbocycles. The van der Waals surface area contributed by atoms with Gasteiger partial charge in [-0.15, -0.1) is 12.4 Å². The minimum Gasteiger partial charge on any atom is -0.334 e. The van der Waals surface area contributed by atoms with Gasteiger partial charge in [-0.05, 0) is 84.3 Å². The lowest BCUT2D eigenvalue weighted by molar-refractivity contribution is 0.0643. The molecule has 6 nitrogen and oxygen atoms in total. The molecule has 8 heteroatoms. The Labute approximate surface area is 212 Å². The maximum absolute atomic E-state index is 14.4. The fraction of sp³-hybridized carbons (Fsp3) is 0.444. The molecule has 2 aromatic heterocycles. The summed E-state index contributed by atoms with van der Waals surface area (Å²) < 4.78 is 16.2. The van der Waals surface area contributed by atoms with Crippen molar-refractivity contribution < 1.29 is 14.0 Å². The van der Waals surface area contributed by atoms with Crippen LogP contribution in [0.15, 0.2) is 42.9 Å². The average molecular weight is 501 g/mol. The van der Waals surface area contributed by atoms with Gasteiger partial charge < -0.3 is 14.8 Å². The molecule has 1 amide bonds. The Morgan fingerprint density at radius 2 is 1.83 bits per heavy atom. The second-order valence-electron chi connectivity index (χ2n) is 9.61. The van der Waals surface area contributed by atoms with Gasteiger partial charge in [0.05, 0.1) is 23.0 Å². The van der Waals surface area contributed by atoms with Crippen LogP contribution in [0.1, 0.15) is 67.7 Å². The number of halogens is 2. The predicted octanol–water partition coefficient (Wildman–Crippen LogP) is 5.42. The molecule has 1 N–H and O–H groups in total. The van der Waals surface area contributed by atoms with Gasteiger partial charge in [-0.1, -0.05) is 0 Å². The summed E-state index contributed by atoms with van der Waals surface area (Å²) in [4.78, 5) is 33.2. The number of hydrogen-bond acceptors (Lipinski definition) is 4. The third-order valence-electron chi connectivity index (χ3n) is 6.62. The van der Waals surface area contributed by atoms with E-state index in [0.717, 1.165) is 43.3 Å². The van der Waals surface area contributed by atoms with Crippen LogP contribution < -0.4 is 5.32 Å². The molecule has 0 aliphatic carbocycles. The van der Waals surface area contributed by atoms with Crippen LogP contribution in [-0.4, -0.2) is 51.3 Å². The summed E-state index contributed by atoms with van der Waals surface area (Å²) in [6.45, 7) is 9.55. The number of aromatic nitrogens is 2. The fourth-order valence-corrected chi connectivity index (χ4v) is 5.06. The van der Waals surface area contributed by atoms with Crippen molar-refractivity contribution in [3.05, 3.63) is 59.8 Å². The van der Waals surface area contributed by atoms with Crippen molar-refractivity contribution >= 4 is 35.0 Å². The lowest BCUT2D eigenvalue weighted by Crippen LogP contribution is -2.42. The molecule has 1 saturated heterocycles. The summed E-state index contributed by atoms with van der Waals surface area (Å²) in [6, 6.07) is 5.99. The third-order valence-corrected chi connectivity index (χ3v) is 6.62. The highest BCUT2D eigenvalue weighted by Crippen LogP contribution is 2.31. The van der Waals surface area contributed by atoms with E-state index in [1.54, 1.807) is 29.6 Å². The zero-order valence-electron chi connectivity index (χ0n) is 20.8. The van der Waals surface area contributed by atoms with Crippen molar-refractivity contribution in [3.63, 3.8) is 0 Å². The van der Waals surface area contributed by atoms with Gasteiger partial charge in [0.2, 0.25) is 0 Å². The molecule has 188 valence electrons. The van der Waals surface area contributed by atoms with Crippen LogP contribution in [0.25, 0.3) is 16.6 Å². The number of benzene rings is 1. The van der Waals surface area contributed by atoms with Gasteiger partial charge in [-0.2, -0.15) is 0 Å². The SMILES string of the molecule is CC(C)N(C(=O)c1cc(F)ccc1-n1cc(C(=O)C2CCCNCC2)c2ccncc21)C(C)C.Cl. The highest BCUT2D eigenvalue weighted by Gasteiger charge is 2.28. The Bertz CT molecular complexity index is 1190. The quantitative estimate of drug-likeness (QED) is 0.459. The summed E-state index contributed by atoms with van der Waals surface area (Å²) in [6.07, 6.45) is 7.78. The molecule has 1 atom stereocenters. The van der Waals surface area contributed by atoms with Crippen molar-refractivity contribution in [1.29, 1.82) is 0 Å².